The van der Waals surface area contributed by atoms with Crippen LogP contribution in [0.5, 0.6) is 0 Å². The maximum atomic E-state index is 4.31. The Morgan fingerprint density at radius 1 is 0.426 bits per heavy atom. The zero-order chi connectivity index (χ0) is 79.2. The van der Waals surface area contributed by atoms with E-state index in [1.165, 1.54) is 101 Å². The zero-order valence-electron chi connectivity index (χ0n) is 71.0. The zero-order valence-corrected chi connectivity index (χ0v) is 71.0. The fourth-order valence-electron chi connectivity index (χ4n) is 10.9. The highest BCUT2D eigenvalue weighted by molar-refractivity contribution is 5.79. The van der Waals surface area contributed by atoms with Gasteiger partial charge in [0.05, 0.1) is 112 Å². The van der Waals surface area contributed by atoms with E-state index in [0.717, 1.165) is 11.6 Å². The largest absolute Gasteiger partial charge is 0.274 e. The van der Waals surface area contributed by atoms with Gasteiger partial charge in [0.25, 0.3) is 23.8 Å². The smallest absolute Gasteiger partial charge is 0.238 e. The van der Waals surface area contributed by atoms with Crippen LogP contribution in [-0.2, 0) is 127 Å². The van der Waals surface area contributed by atoms with Crippen molar-refractivity contribution in [3.05, 3.63) is 239 Å². The Balaban J connectivity index is 0.000000595. The van der Waals surface area contributed by atoms with Crippen LogP contribution < -0.4 is 46.1 Å². The van der Waals surface area contributed by atoms with E-state index in [1.807, 2.05) is 150 Å². The van der Waals surface area contributed by atoms with E-state index in [1.54, 1.807) is 6.33 Å². The lowest BCUT2D eigenvalue weighted by molar-refractivity contribution is -0.756. The molecule has 0 saturated heterocycles. The minimum Gasteiger partial charge on any atom is -0.238 e. The SMILES string of the molecule is C.C.C.CC1C=CC(C)[N+](C)=N1.Cc1c(C)[n+](C)c(C)n1C.Cc1c2ccccc2[n+](C)n1C.Cc1cc(C)[n+](C)n1C.Cc1cc[n+](C)cc1.Cc1cc[n+](C)n1C.Cc1ccc2c[n+](C)n(C)c2c1.Cc1ccc2ccc[n+](C)c2c1.Cc1n(C)cc[n+]1C.Cc1n(C)nc[n+]1C.Cc1nn(C)c(C)[n+]1C. The first-order valence-corrected chi connectivity index (χ1v) is 36.0. The monoisotopic (exact) mass is 1490 g/mol. The van der Waals surface area contributed by atoms with E-state index in [-0.39, 0.29) is 22.3 Å². The molecule has 0 bridgehead atoms. The molecule has 10 aromatic heterocycles. The minimum atomic E-state index is 0. The van der Waals surface area contributed by atoms with Crippen LogP contribution in [0, 0.1) is 96.9 Å². The van der Waals surface area contributed by atoms with Crippen LogP contribution in [0.15, 0.2) is 164 Å². The summed E-state index contributed by atoms with van der Waals surface area (Å²) in [6, 6.07) is 34.9. The number of nitrogens with zero attached hydrogens (tertiary/aromatic N) is 22. The molecule has 1 aliphatic rings. The molecule has 0 aliphatic carbocycles. The number of pyridine rings is 2. The fraction of sp³-hybridized carbons (Fsp3) is 0.465. The number of aryl methyl sites for hydroxylation is 19. The molecule has 0 fully saturated rings. The van der Waals surface area contributed by atoms with Crippen molar-refractivity contribution in [1.82, 2.24) is 47.4 Å². The first-order valence-electron chi connectivity index (χ1n) is 36.0. The summed E-state index contributed by atoms with van der Waals surface area (Å²) in [5.41, 5.74) is 15.7. The molecule has 0 spiro atoms. The Morgan fingerprint density at radius 2 is 1.02 bits per heavy atom. The lowest BCUT2D eigenvalue weighted by atomic mass is 10.1. The second-order valence-corrected chi connectivity index (χ2v) is 27.8. The average molecular weight is 1490 g/mol. The van der Waals surface area contributed by atoms with Crippen LogP contribution in [0.2, 0.25) is 0 Å². The van der Waals surface area contributed by atoms with Gasteiger partial charge in [0, 0.05) is 120 Å². The van der Waals surface area contributed by atoms with Gasteiger partial charge in [-0.05, 0) is 107 Å². The number of fused-ring (bicyclic) bond motifs is 3. The van der Waals surface area contributed by atoms with E-state index in [9.17, 15) is 0 Å². The normalized spacial score (nSPS) is 12.0. The lowest BCUT2D eigenvalue weighted by Crippen LogP contribution is -2.39. The highest BCUT2D eigenvalue weighted by Crippen LogP contribution is 2.15. The highest BCUT2D eigenvalue weighted by Gasteiger charge is 2.18. The van der Waals surface area contributed by atoms with Gasteiger partial charge >= 0.3 is 0 Å². The van der Waals surface area contributed by atoms with Crippen LogP contribution in [0.4, 0.5) is 0 Å². The van der Waals surface area contributed by atoms with Crippen LogP contribution in [0.1, 0.15) is 116 Å². The third-order valence-corrected chi connectivity index (χ3v) is 20.4. The second-order valence-electron chi connectivity index (χ2n) is 27.8. The van der Waals surface area contributed by atoms with Crippen LogP contribution in [-0.4, -0.2) is 71.3 Å². The highest BCUT2D eigenvalue weighted by atomic mass is 15.4. The minimum absolute atomic E-state index is 0. The first-order chi connectivity index (χ1) is 49.1. The predicted octanol–water partition coefficient (Wildman–Crippen LogP) is 9.72. The van der Waals surface area contributed by atoms with Crippen molar-refractivity contribution in [3.8, 4) is 0 Å². The van der Waals surface area contributed by atoms with Gasteiger partial charge in [0.15, 0.2) is 66.1 Å². The maximum Gasteiger partial charge on any atom is 0.274 e. The molecule has 0 N–H and O–H groups in total. The third kappa shape index (κ3) is 26.8. The van der Waals surface area contributed by atoms with E-state index in [2.05, 4.69) is 351 Å². The van der Waals surface area contributed by atoms with Crippen LogP contribution in [0.25, 0.3) is 32.7 Å². The van der Waals surface area contributed by atoms with Gasteiger partial charge in [0.2, 0.25) is 34.6 Å². The van der Waals surface area contributed by atoms with Gasteiger partial charge in [0.1, 0.15) is 49.4 Å². The van der Waals surface area contributed by atoms with Crippen molar-refractivity contribution < 1.29 is 50.8 Å². The van der Waals surface area contributed by atoms with E-state index < -0.39 is 0 Å². The van der Waals surface area contributed by atoms with Crippen molar-refractivity contribution in [2.24, 2.45) is 132 Å². The Labute approximate surface area is 650 Å². The molecule has 108 heavy (non-hydrogen) atoms. The molecule has 1 aliphatic heterocycles. The van der Waals surface area contributed by atoms with Crippen molar-refractivity contribution in [3.63, 3.8) is 0 Å². The molecule has 3 aromatic carbocycles. The molecule has 13 aromatic rings. The molecule has 22 heteroatoms. The molecule has 0 radical (unpaired) electrons. The number of azo groups is 2. The van der Waals surface area contributed by atoms with Crippen LogP contribution >= 0.6 is 0 Å². The van der Waals surface area contributed by atoms with Gasteiger partial charge in [-0.25, -0.2) is 36.5 Å². The molecule has 14 rings (SSSR count). The average Bonchev–Trinajstić information content (AvgIpc) is 1.63. The summed E-state index contributed by atoms with van der Waals surface area (Å²) in [5, 5.41) is 16.4. The number of para-hydroxylation sites is 1. The van der Waals surface area contributed by atoms with E-state index >= 15 is 0 Å². The molecule has 2 unspecified atom stereocenters. The molecule has 2 atom stereocenters. The Morgan fingerprint density at radius 3 is 1.38 bits per heavy atom. The number of likely N-dealkylation sites (N-methyl/N-ethyl adjacent to an activating group) is 1. The number of hydrogen-bond acceptors (Lipinski definition) is 3. The topological polar surface area (TPSA) is 119 Å². The van der Waals surface area contributed by atoms with E-state index in [0.29, 0.717) is 12.1 Å². The predicted molar refractivity (Wildman–Crippen MR) is 439 cm³/mol. The molecule has 588 valence electrons. The first kappa shape index (κ1) is 95.6. The molecular weight excluding hydrogens is 1340 g/mol. The molecular formula is C86H145N22+11. The van der Waals surface area contributed by atoms with Crippen molar-refractivity contribution >= 4 is 32.7 Å². The standard InChI is InChI=1S/C11H12N.2C10H13N2.C8H15N2.2C7H13N2.C7H10N.C6H12N3.2C6H11N2.C5H10N3.3CH4/c1-9-5-6-10-4-3-7-12(2)11(10)8-9;1-8-4-5-9-7-11(2)12(3)10(9)6-8;1-8-9-6-4-5-7-10(9)12(3)11(8)2;1-6-7(2)10(5)8(3)9(6)4;1-6-5-7(2)9(4)8(6)3;1-6-4-5-7(2)9(3)8-6;1-7-3-5-8(2)6-4-7;1-5-7-9(4)6(2)8(5)3;1-6-7(2)4-5-8(6)3;1-6-4-5-7(2)8(6)3;1-5-7(2)4-6-8(5)3;;;/h3-8H,1-2H3;2*4-7H,1-3H3;1-5H3;5H,1-4H3;4-7H,1-3H3;3-6H,1-2H3;1-4H3;2*4-5H,1-3H3;4H,1-3H3;3*1H4/q11*+1;;;. The van der Waals surface area contributed by atoms with Gasteiger partial charge in [-0.15, -0.1) is 32.8 Å². The van der Waals surface area contributed by atoms with Crippen molar-refractivity contribution in [1.29, 1.82) is 0 Å². The van der Waals surface area contributed by atoms with Crippen molar-refractivity contribution in [2.75, 3.05) is 7.05 Å². The fourth-order valence-corrected chi connectivity index (χ4v) is 10.9. The molecule has 0 amide bonds. The summed E-state index contributed by atoms with van der Waals surface area (Å²) in [6.45, 7) is 33.5. The summed E-state index contributed by atoms with van der Waals surface area (Å²) in [7, 11) is 38.7. The van der Waals surface area contributed by atoms with Crippen LogP contribution in [0.3, 0.4) is 0 Å². The molecule has 0 saturated carbocycles. The Kier molecular flexibility index (Phi) is 39.0. The lowest BCUT2D eigenvalue weighted by Gasteiger charge is -2.06. The number of hydrogen-bond donors (Lipinski definition) is 0. The number of rotatable bonds is 0. The quantitative estimate of drug-likeness (QED) is 0.111. The summed E-state index contributed by atoms with van der Waals surface area (Å²) in [5.74, 6) is 5.95. The maximum absolute atomic E-state index is 4.31. The van der Waals surface area contributed by atoms with Gasteiger partial charge in [-0.1, -0.05) is 52.6 Å². The Bertz CT molecular complexity index is 4580. The van der Waals surface area contributed by atoms with Gasteiger partial charge < -0.3 is 0 Å². The Hall–Kier alpha value is -10.4. The number of imidazole rings is 2. The number of benzene rings is 3. The summed E-state index contributed by atoms with van der Waals surface area (Å²) >= 11 is 0. The summed E-state index contributed by atoms with van der Waals surface area (Å²) in [4.78, 5) is 0. The van der Waals surface area contributed by atoms with Gasteiger partial charge in [-0.2, -0.15) is 18.7 Å². The molecule has 11 heterocycles. The second kappa shape index (κ2) is 44.0. The van der Waals surface area contributed by atoms with E-state index in [4.69, 9.17) is 0 Å². The number of aromatic nitrogens is 20. The third-order valence-electron chi connectivity index (χ3n) is 20.4. The van der Waals surface area contributed by atoms with Gasteiger partial charge in [-0.3, -0.25) is 0 Å². The summed E-state index contributed by atoms with van der Waals surface area (Å²) < 4.78 is 39.4. The van der Waals surface area contributed by atoms with Crippen molar-refractivity contribution in [2.45, 2.75) is 145 Å². The molecule has 22 nitrogen and oxygen atoms in total. The summed E-state index contributed by atoms with van der Waals surface area (Å²) in [6.07, 6.45) is 20.5.